The molecule has 1 N–H and O–H groups in total. The summed E-state index contributed by atoms with van der Waals surface area (Å²) in [5, 5.41) is 20.7. The normalized spacial score (nSPS) is 15.4. The van der Waals surface area contributed by atoms with Crippen LogP contribution < -0.4 is 5.32 Å². The van der Waals surface area contributed by atoms with Gasteiger partial charge in [0, 0.05) is 5.02 Å². The van der Waals surface area contributed by atoms with Gasteiger partial charge in [0.2, 0.25) is 0 Å². The van der Waals surface area contributed by atoms with Crippen molar-refractivity contribution in [3.63, 3.8) is 0 Å². The molecular formula is C15H13ClN4. The smallest absolute Gasteiger partial charge is 0.163 e. The van der Waals surface area contributed by atoms with E-state index in [0.717, 1.165) is 5.02 Å². The van der Waals surface area contributed by atoms with Gasteiger partial charge in [-0.3, -0.25) is 0 Å². The molecule has 0 bridgehead atoms. The first-order chi connectivity index (χ1) is 9.76. The van der Waals surface area contributed by atoms with Crippen LogP contribution in [0.2, 0.25) is 5.02 Å². The molecule has 5 heteroatoms. The van der Waals surface area contributed by atoms with Crippen LogP contribution in [0, 0.1) is 17.2 Å². The predicted molar refractivity (Wildman–Crippen MR) is 77.3 cm³/mol. The molecule has 4 nitrogen and oxygen atoms in total. The van der Waals surface area contributed by atoms with Crippen molar-refractivity contribution in [1.29, 1.82) is 5.26 Å². The van der Waals surface area contributed by atoms with E-state index in [9.17, 15) is 0 Å². The lowest BCUT2D eigenvalue weighted by Crippen LogP contribution is -2.14. The Kier molecular flexibility index (Phi) is 3.53. The second kappa shape index (κ2) is 5.48. The molecule has 1 heterocycles. The molecule has 2 aromatic rings. The van der Waals surface area contributed by atoms with E-state index in [0.29, 0.717) is 17.4 Å². The van der Waals surface area contributed by atoms with Crippen LogP contribution in [0.3, 0.4) is 0 Å². The third-order valence-electron chi connectivity index (χ3n) is 3.41. The Balaban J connectivity index is 1.80. The largest absolute Gasteiger partial charge is 0.361 e. The van der Waals surface area contributed by atoms with Gasteiger partial charge in [-0.1, -0.05) is 23.7 Å². The van der Waals surface area contributed by atoms with E-state index >= 15 is 0 Å². The molecule has 1 aromatic heterocycles. The lowest BCUT2D eigenvalue weighted by molar-refractivity contribution is 0.673. The zero-order valence-electron chi connectivity index (χ0n) is 10.8. The van der Waals surface area contributed by atoms with Crippen molar-refractivity contribution in [1.82, 2.24) is 10.2 Å². The molecule has 0 radical (unpaired) electrons. The molecule has 1 aliphatic carbocycles. The van der Waals surface area contributed by atoms with Crippen LogP contribution in [-0.4, -0.2) is 10.2 Å². The summed E-state index contributed by atoms with van der Waals surface area (Å²) in [6.07, 6.45) is 2.42. The van der Waals surface area contributed by atoms with Gasteiger partial charge in [-0.2, -0.15) is 5.26 Å². The van der Waals surface area contributed by atoms with Crippen LogP contribution in [0.5, 0.6) is 0 Å². The number of rotatable bonds is 4. The highest BCUT2D eigenvalue weighted by Crippen LogP contribution is 2.42. The van der Waals surface area contributed by atoms with Crippen molar-refractivity contribution in [3.05, 3.63) is 52.7 Å². The summed E-state index contributed by atoms with van der Waals surface area (Å²) in [5.74, 6) is 1.31. The summed E-state index contributed by atoms with van der Waals surface area (Å²) in [5.41, 5.74) is 1.52. The topological polar surface area (TPSA) is 61.6 Å². The van der Waals surface area contributed by atoms with Crippen LogP contribution >= 0.6 is 11.6 Å². The molecule has 0 saturated heterocycles. The van der Waals surface area contributed by atoms with Gasteiger partial charge in [0.05, 0.1) is 6.04 Å². The minimum atomic E-state index is 0.217. The first-order valence-corrected chi connectivity index (χ1v) is 6.90. The molecular weight excluding hydrogens is 272 g/mol. The average Bonchev–Trinajstić information content (AvgIpc) is 3.31. The molecule has 0 spiro atoms. The SMILES string of the molecule is N#Cc1ccc(NC(c2ccc(Cl)cc2)C2CC2)nn1. The Bertz CT molecular complexity index is 626. The molecule has 3 rings (SSSR count). The second-order valence-electron chi connectivity index (χ2n) is 4.93. The van der Waals surface area contributed by atoms with Crippen molar-refractivity contribution >= 4 is 17.4 Å². The Hall–Kier alpha value is -2.12. The number of hydrogen-bond acceptors (Lipinski definition) is 4. The number of hydrogen-bond donors (Lipinski definition) is 1. The number of nitrogens with zero attached hydrogens (tertiary/aromatic N) is 3. The molecule has 1 fully saturated rings. The number of nitriles is 1. The van der Waals surface area contributed by atoms with Gasteiger partial charge < -0.3 is 5.32 Å². The van der Waals surface area contributed by atoms with Crippen LogP contribution in [0.4, 0.5) is 5.82 Å². The summed E-state index contributed by atoms with van der Waals surface area (Å²) in [4.78, 5) is 0. The van der Waals surface area contributed by atoms with Gasteiger partial charge in [-0.25, -0.2) is 0 Å². The molecule has 1 unspecified atom stereocenters. The first-order valence-electron chi connectivity index (χ1n) is 6.52. The van der Waals surface area contributed by atoms with Gasteiger partial charge >= 0.3 is 0 Å². The molecule has 1 aliphatic rings. The molecule has 0 amide bonds. The minimum Gasteiger partial charge on any atom is -0.361 e. The fourth-order valence-corrected chi connectivity index (χ4v) is 2.33. The maximum atomic E-state index is 8.73. The maximum Gasteiger partial charge on any atom is 0.163 e. The highest BCUT2D eigenvalue weighted by Gasteiger charge is 2.32. The molecule has 1 saturated carbocycles. The second-order valence-corrected chi connectivity index (χ2v) is 5.36. The van der Waals surface area contributed by atoms with Crippen molar-refractivity contribution < 1.29 is 0 Å². The molecule has 100 valence electrons. The zero-order chi connectivity index (χ0) is 13.9. The Morgan fingerprint density at radius 1 is 1.15 bits per heavy atom. The third-order valence-corrected chi connectivity index (χ3v) is 3.66. The summed E-state index contributed by atoms with van der Waals surface area (Å²) in [7, 11) is 0. The Morgan fingerprint density at radius 3 is 2.45 bits per heavy atom. The Labute approximate surface area is 122 Å². The predicted octanol–water partition coefficient (Wildman–Crippen LogP) is 3.56. The quantitative estimate of drug-likeness (QED) is 0.932. The van der Waals surface area contributed by atoms with E-state index < -0.39 is 0 Å². The lowest BCUT2D eigenvalue weighted by Gasteiger charge is -2.19. The van der Waals surface area contributed by atoms with Gasteiger partial charge in [0.25, 0.3) is 0 Å². The average molecular weight is 285 g/mol. The number of nitrogens with one attached hydrogen (secondary N) is 1. The van der Waals surface area contributed by atoms with Crippen LogP contribution in [0.15, 0.2) is 36.4 Å². The first kappa shape index (κ1) is 12.9. The van der Waals surface area contributed by atoms with Crippen molar-refractivity contribution in [2.24, 2.45) is 5.92 Å². The van der Waals surface area contributed by atoms with Gasteiger partial charge in [0.15, 0.2) is 5.69 Å². The molecule has 1 aromatic carbocycles. The van der Waals surface area contributed by atoms with E-state index in [-0.39, 0.29) is 6.04 Å². The Morgan fingerprint density at radius 2 is 1.90 bits per heavy atom. The van der Waals surface area contributed by atoms with Gasteiger partial charge in [-0.05, 0) is 48.6 Å². The lowest BCUT2D eigenvalue weighted by atomic mass is 10.0. The highest BCUT2D eigenvalue weighted by atomic mass is 35.5. The maximum absolute atomic E-state index is 8.73. The van der Waals surface area contributed by atoms with E-state index in [1.54, 1.807) is 12.1 Å². The summed E-state index contributed by atoms with van der Waals surface area (Å²) >= 11 is 5.93. The van der Waals surface area contributed by atoms with Crippen molar-refractivity contribution in [3.8, 4) is 6.07 Å². The van der Waals surface area contributed by atoms with E-state index in [1.807, 2.05) is 30.3 Å². The summed E-state index contributed by atoms with van der Waals surface area (Å²) in [6.45, 7) is 0. The fraction of sp³-hybridized carbons (Fsp3) is 0.267. The minimum absolute atomic E-state index is 0.217. The fourth-order valence-electron chi connectivity index (χ4n) is 2.20. The molecule has 20 heavy (non-hydrogen) atoms. The third kappa shape index (κ3) is 2.89. The molecule has 1 atom stereocenters. The standard InChI is InChI=1S/C15H13ClN4/c16-12-5-3-11(4-6-12)15(10-1-2-10)18-14-8-7-13(9-17)19-20-14/h3-8,10,15H,1-2H2,(H,18,20). The van der Waals surface area contributed by atoms with Crippen LogP contribution in [0.25, 0.3) is 0 Å². The van der Waals surface area contributed by atoms with E-state index in [2.05, 4.69) is 15.5 Å². The highest BCUT2D eigenvalue weighted by molar-refractivity contribution is 6.30. The van der Waals surface area contributed by atoms with Gasteiger partial charge in [0.1, 0.15) is 11.9 Å². The zero-order valence-corrected chi connectivity index (χ0v) is 11.5. The number of halogens is 1. The van der Waals surface area contributed by atoms with Crippen molar-refractivity contribution in [2.75, 3.05) is 5.32 Å². The van der Waals surface area contributed by atoms with Crippen LogP contribution in [0.1, 0.15) is 30.1 Å². The van der Waals surface area contributed by atoms with E-state index in [1.165, 1.54) is 18.4 Å². The molecule has 0 aliphatic heterocycles. The summed E-state index contributed by atoms with van der Waals surface area (Å²) in [6, 6.07) is 13.5. The summed E-state index contributed by atoms with van der Waals surface area (Å²) < 4.78 is 0. The number of aromatic nitrogens is 2. The monoisotopic (exact) mass is 284 g/mol. The number of benzene rings is 1. The van der Waals surface area contributed by atoms with Crippen molar-refractivity contribution in [2.45, 2.75) is 18.9 Å². The van der Waals surface area contributed by atoms with Crippen LogP contribution in [-0.2, 0) is 0 Å². The number of anilines is 1. The van der Waals surface area contributed by atoms with E-state index in [4.69, 9.17) is 16.9 Å². The van der Waals surface area contributed by atoms with Gasteiger partial charge in [-0.15, -0.1) is 10.2 Å².